The van der Waals surface area contributed by atoms with E-state index in [2.05, 4.69) is 36.8 Å². The Balaban J connectivity index is 1.58. The molecule has 3 aliphatic rings. The Bertz CT molecular complexity index is 823. The highest BCUT2D eigenvalue weighted by Crippen LogP contribution is 2.51. The average molecular weight is 535 g/mol. The summed E-state index contributed by atoms with van der Waals surface area (Å²) >= 11 is 6.61. The number of morpholine rings is 1. The van der Waals surface area contributed by atoms with Gasteiger partial charge >= 0.3 is 5.69 Å². The third kappa shape index (κ3) is 3.97. The lowest BCUT2D eigenvalue weighted by Crippen LogP contribution is -2.50. The van der Waals surface area contributed by atoms with Crippen LogP contribution in [0.3, 0.4) is 0 Å². The molecule has 0 N–H and O–H groups in total. The molecule has 1 amide bonds. The van der Waals surface area contributed by atoms with Gasteiger partial charge in [-0.25, -0.2) is 0 Å². The molecule has 0 radical (unpaired) electrons. The summed E-state index contributed by atoms with van der Waals surface area (Å²) in [5.74, 6) is -0.0733. The molecule has 0 spiro atoms. The molecule has 4 rings (SSSR count). The van der Waals surface area contributed by atoms with Crippen LogP contribution in [0.4, 0.5) is 5.69 Å². The number of carbonyl (C=O) groups is 1. The zero-order chi connectivity index (χ0) is 20.5. The summed E-state index contributed by atoms with van der Waals surface area (Å²) in [6, 6.07) is 0.448. The van der Waals surface area contributed by atoms with Gasteiger partial charge in [-0.3, -0.25) is 19.8 Å². The van der Waals surface area contributed by atoms with E-state index in [9.17, 15) is 14.9 Å². The molecule has 29 heavy (non-hydrogen) atoms. The van der Waals surface area contributed by atoms with Crippen LogP contribution in [0.1, 0.15) is 23.2 Å². The third-order valence-corrected chi connectivity index (χ3v) is 7.65. The number of hydrogen-bond donors (Lipinski definition) is 0. The number of halogens is 2. The molecule has 0 aliphatic carbocycles. The largest absolute Gasteiger partial charge is 0.485 e. The Kier molecular flexibility index (Phi) is 6.28. The van der Waals surface area contributed by atoms with Crippen molar-refractivity contribution in [2.45, 2.75) is 18.9 Å². The van der Waals surface area contributed by atoms with Gasteiger partial charge in [0.15, 0.2) is 5.75 Å². The fourth-order valence-corrected chi connectivity index (χ4v) is 5.14. The molecular weight excluding hydrogens is 514 g/mol. The first-order valence-electron chi connectivity index (χ1n) is 9.55. The lowest BCUT2D eigenvalue weighted by atomic mass is 10.0. The molecule has 2 fully saturated rings. The van der Waals surface area contributed by atoms with E-state index in [0.717, 1.165) is 39.1 Å². The van der Waals surface area contributed by atoms with Gasteiger partial charge in [-0.1, -0.05) is 0 Å². The summed E-state index contributed by atoms with van der Waals surface area (Å²) in [6.45, 7) is 5.04. The fourth-order valence-electron chi connectivity index (χ4n) is 4.08. The summed E-state index contributed by atoms with van der Waals surface area (Å²) in [4.78, 5) is 28.6. The molecule has 0 atom stereocenters. The van der Waals surface area contributed by atoms with Crippen LogP contribution >= 0.6 is 31.9 Å². The maximum absolute atomic E-state index is 13.3. The van der Waals surface area contributed by atoms with E-state index >= 15 is 0 Å². The first kappa shape index (κ1) is 20.8. The van der Waals surface area contributed by atoms with E-state index in [-0.39, 0.29) is 46.3 Å². The molecule has 0 unspecified atom stereocenters. The molecule has 0 saturated carbocycles. The van der Waals surface area contributed by atoms with Gasteiger partial charge in [-0.05, 0) is 44.7 Å². The van der Waals surface area contributed by atoms with E-state index in [0.29, 0.717) is 23.6 Å². The van der Waals surface area contributed by atoms with E-state index < -0.39 is 4.92 Å². The molecule has 3 aliphatic heterocycles. The van der Waals surface area contributed by atoms with Gasteiger partial charge in [0.05, 0.1) is 22.6 Å². The van der Waals surface area contributed by atoms with Crippen LogP contribution in [0, 0.1) is 10.1 Å². The average Bonchev–Trinajstić information content (AvgIpc) is 2.75. The summed E-state index contributed by atoms with van der Waals surface area (Å²) in [7, 11) is 0. The van der Waals surface area contributed by atoms with Gasteiger partial charge < -0.3 is 19.1 Å². The first-order chi connectivity index (χ1) is 14.0. The third-order valence-electron chi connectivity index (χ3n) is 5.55. The van der Waals surface area contributed by atoms with Crippen molar-refractivity contribution in [3.8, 4) is 11.5 Å². The monoisotopic (exact) mass is 533 g/mol. The zero-order valence-corrected chi connectivity index (χ0v) is 18.9. The van der Waals surface area contributed by atoms with Crippen LogP contribution in [0.5, 0.6) is 11.5 Å². The summed E-state index contributed by atoms with van der Waals surface area (Å²) in [6.07, 6.45) is 1.77. The van der Waals surface area contributed by atoms with Crippen molar-refractivity contribution in [1.29, 1.82) is 0 Å². The molecule has 1 aromatic carbocycles. The predicted molar refractivity (Wildman–Crippen MR) is 111 cm³/mol. The minimum Gasteiger partial charge on any atom is -0.485 e. The molecule has 158 valence electrons. The Morgan fingerprint density at radius 1 is 0.966 bits per heavy atom. The maximum atomic E-state index is 13.3. The number of nitrogens with zero attached hydrogens (tertiary/aromatic N) is 3. The number of carbonyl (C=O) groups excluding carboxylic acids is 1. The second-order valence-electron chi connectivity index (χ2n) is 7.14. The Hall–Kier alpha value is -1.43. The van der Waals surface area contributed by atoms with Gasteiger partial charge in [0, 0.05) is 32.2 Å². The molecule has 3 heterocycles. The highest BCUT2D eigenvalue weighted by Gasteiger charge is 2.38. The number of piperidine rings is 1. The predicted octanol–water partition coefficient (Wildman–Crippen LogP) is 2.83. The van der Waals surface area contributed by atoms with Crippen molar-refractivity contribution < 1.29 is 23.9 Å². The number of ether oxygens (including phenoxy) is 3. The quantitative estimate of drug-likeness (QED) is 0.434. The van der Waals surface area contributed by atoms with Crippen LogP contribution in [-0.2, 0) is 4.74 Å². The number of benzene rings is 1. The van der Waals surface area contributed by atoms with Crippen molar-refractivity contribution in [1.82, 2.24) is 9.80 Å². The Labute approximate surface area is 184 Å². The second-order valence-corrected chi connectivity index (χ2v) is 8.72. The summed E-state index contributed by atoms with van der Waals surface area (Å²) in [5.41, 5.74) is 0.0242. The number of amides is 1. The number of hydrogen-bond acceptors (Lipinski definition) is 7. The lowest BCUT2D eigenvalue weighted by Gasteiger charge is -2.40. The van der Waals surface area contributed by atoms with Gasteiger partial charge in [-0.2, -0.15) is 0 Å². The lowest BCUT2D eigenvalue weighted by molar-refractivity contribution is -0.387. The standard InChI is InChI=1S/C18H21Br2N3O6/c19-13-12(16-17(29-10-9-28-16)15(14(13)20)23(25)26)18(24)22-3-1-11(2-4-22)21-5-7-27-8-6-21/h11H,1-10H2. The van der Waals surface area contributed by atoms with Gasteiger partial charge in [0.25, 0.3) is 5.91 Å². The molecule has 0 bridgehead atoms. The Morgan fingerprint density at radius 3 is 2.21 bits per heavy atom. The van der Waals surface area contributed by atoms with Crippen molar-refractivity contribution in [3.63, 3.8) is 0 Å². The van der Waals surface area contributed by atoms with Crippen molar-refractivity contribution in [2.24, 2.45) is 0 Å². The molecule has 2 saturated heterocycles. The number of nitro benzene ring substituents is 1. The SMILES string of the molecule is O=C(c1c(Br)c(Br)c([N+](=O)[O-])c2c1OCCO2)N1CCC(N2CCOCC2)CC1. The minimum absolute atomic E-state index is 0.00266. The van der Waals surface area contributed by atoms with Crippen molar-refractivity contribution in [3.05, 3.63) is 24.6 Å². The number of nitro groups is 1. The molecule has 9 nitrogen and oxygen atoms in total. The zero-order valence-electron chi connectivity index (χ0n) is 15.7. The molecular formula is C18H21Br2N3O6. The van der Waals surface area contributed by atoms with E-state index in [1.807, 2.05) is 0 Å². The van der Waals surface area contributed by atoms with E-state index in [4.69, 9.17) is 14.2 Å². The maximum Gasteiger partial charge on any atom is 0.330 e. The van der Waals surface area contributed by atoms with Crippen LogP contribution in [-0.4, -0.2) is 79.3 Å². The highest BCUT2D eigenvalue weighted by atomic mass is 79.9. The van der Waals surface area contributed by atoms with Crippen molar-refractivity contribution >= 4 is 43.5 Å². The molecule has 11 heteroatoms. The number of rotatable bonds is 3. The topological polar surface area (TPSA) is 94.4 Å². The number of fused-ring (bicyclic) bond motifs is 1. The van der Waals surface area contributed by atoms with Crippen LogP contribution in [0.15, 0.2) is 8.95 Å². The summed E-state index contributed by atoms with van der Waals surface area (Å²) in [5, 5.41) is 11.5. The summed E-state index contributed by atoms with van der Waals surface area (Å²) < 4.78 is 17.1. The number of likely N-dealkylation sites (tertiary alicyclic amines) is 1. The van der Waals surface area contributed by atoms with Crippen LogP contribution in [0.2, 0.25) is 0 Å². The highest BCUT2D eigenvalue weighted by molar-refractivity contribution is 9.13. The fraction of sp³-hybridized carbons (Fsp3) is 0.611. The Morgan fingerprint density at radius 2 is 1.59 bits per heavy atom. The van der Waals surface area contributed by atoms with Gasteiger partial charge in [0.2, 0.25) is 5.75 Å². The normalized spacial score (nSPS) is 20.6. The van der Waals surface area contributed by atoms with Crippen LogP contribution in [0.25, 0.3) is 0 Å². The molecule has 1 aromatic rings. The van der Waals surface area contributed by atoms with Crippen molar-refractivity contribution in [2.75, 3.05) is 52.6 Å². The van der Waals surface area contributed by atoms with Crippen LogP contribution < -0.4 is 9.47 Å². The minimum atomic E-state index is -0.537. The smallest absolute Gasteiger partial charge is 0.330 e. The second kappa shape index (κ2) is 8.75. The van der Waals surface area contributed by atoms with Gasteiger partial charge in [0.1, 0.15) is 23.2 Å². The molecule has 0 aromatic heterocycles. The first-order valence-corrected chi connectivity index (χ1v) is 11.1. The van der Waals surface area contributed by atoms with Gasteiger partial charge in [-0.15, -0.1) is 0 Å². The van der Waals surface area contributed by atoms with E-state index in [1.54, 1.807) is 4.90 Å². The van der Waals surface area contributed by atoms with E-state index in [1.165, 1.54) is 0 Å².